The molecular weight excluding hydrogens is 254 g/mol. The monoisotopic (exact) mass is 271 g/mol. The number of amides is 1. The number of furan rings is 1. The molecule has 1 N–H and O–H groups in total. The molecule has 0 saturated carbocycles. The van der Waals surface area contributed by atoms with E-state index >= 15 is 0 Å². The van der Waals surface area contributed by atoms with E-state index in [2.05, 4.69) is 15.2 Å². The number of nitrogens with one attached hydrogen (secondary N) is 1. The number of piperidine rings is 3. The Kier molecular flexibility index (Phi) is 2.73. The number of carbonyl (C=O) groups is 1. The summed E-state index contributed by atoms with van der Waals surface area (Å²) < 4.78 is 5.32. The van der Waals surface area contributed by atoms with Crippen LogP contribution in [0.4, 0.5) is 0 Å². The van der Waals surface area contributed by atoms with Crippen LogP contribution in [0.2, 0.25) is 0 Å². The van der Waals surface area contributed by atoms with Gasteiger partial charge in [0.15, 0.2) is 0 Å². The van der Waals surface area contributed by atoms with Crippen molar-refractivity contribution in [2.45, 2.75) is 25.4 Å². The van der Waals surface area contributed by atoms with Crippen molar-refractivity contribution < 1.29 is 9.21 Å². The Labute approximate surface area is 117 Å². The van der Waals surface area contributed by atoms with Gasteiger partial charge in [-0.1, -0.05) is 0 Å². The summed E-state index contributed by atoms with van der Waals surface area (Å²) >= 11 is 0. The lowest BCUT2D eigenvalue weighted by Crippen LogP contribution is -2.56. The molecule has 3 saturated heterocycles. The fraction of sp³-hybridized carbons (Fsp3) is 0.467. The minimum atomic E-state index is -0.110. The molecule has 5 rings (SSSR count). The number of hydrogen-bond donors (Lipinski definition) is 1. The maximum Gasteiger partial charge on any atom is 0.271 e. The molecule has 5 nitrogen and oxygen atoms in total. The van der Waals surface area contributed by atoms with Gasteiger partial charge >= 0.3 is 0 Å². The highest BCUT2D eigenvalue weighted by Gasteiger charge is 2.34. The van der Waals surface area contributed by atoms with Gasteiger partial charge in [-0.05, 0) is 31.2 Å². The molecule has 1 amide bonds. The lowest BCUT2D eigenvalue weighted by Gasteiger charge is -2.45. The van der Waals surface area contributed by atoms with Crippen molar-refractivity contribution in [2.75, 3.05) is 13.1 Å². The van der Waals surface area contributed by atoms with Gasteiger partial charge in [-0.25, -0.2) is 0 Å². The fourth-order valence-corrected chi connectivity index (χ4v) is 3.32. The highest BCUT2D eigenvalue weighted by Crippen LogP contribution is 2.30. The van der Waals surface area contributed by atoms with Crippen LogP contribution in [-0.4, -0.2) is 35.0 Å². The Hall–Kier alpha value is -1.88. The largest absolute Gasteiger partial charge is 0.464 e. The van der Waals surface area contributed by atoms with Crippen molar-refractivity contribution in [2.24, 2.45) is 5.92 Å². The molecule has 1 atom stereocenters. The topological polar surface area (TPSA) is 58.4 Å². The lowest BCUT2D eigenvalue weighted by molar-refractivity contribution is 0.0293. The van der Waals surface area contributed by atoms with Crippen LogP contribution in [0.1, 0.15) is 29.8 Å². The SMILES string of the molecule is O=C(NC1CC2CCN1CC2)c1cc2occc2cn1. The fourth-order valence-electron chi connectivity index (χ4n) is 3.32. The zero-order valence-electron chi connectivity index (χ0n) is 11.2. The number of aromatic nitrogens is 1. The molecule has 5 heteroatoms. The molecule has 3 fully saturated rings. The number of rotatable bonds is 2. The number of nitrogens with zero attached hydrogens (tertiary/aromatic N) is 2. The summed E-state index contributed by atoms with van der Waals surface area (Å²) in [5, 5.41) is 4.02. The van der Waals surface area contributed by atoms with E-state index < -0.39 is 0 Å². The van der Waals surface area contributed by atoms with Gasteiger partial charge < -0.3 is 9.73 Å². The van der Waals surface area contributed by atoms with Gasteiger partial charge in [0.25, 0.3) is 5.91 Å². The summed E-state index contributed by atoms with van der Waals surface area (Å²) in [6.45, 7) is 2.19. The van der Waals surface area contributed by atoms with E-state index in [4.69, 9.17) is 4.42 Å². The van der Waals surface area contributed by atoms with E-state index in [0.717, 1.165) is 30.8 Å². The predicted molar refractivity (Wildman–Crippen MR) is 74.2 cm³/mol. The van der Waals surface area contributed by atoms with E-state index in [0.29, 0.717) is 11.3 Å². The van der Waals surface area contributed by atoms with Crippen molar-refractivity contribution >= 4 is 16.9 Å². The van der Waals surface area contributed by atoms with E-state index in [1.54, 1.807) is 18.5 Å². The molecule has 2 bridgehead atoms. The second-order valence-electron chi connectivity index (χ2n) is 5.73. The van der Waals surface area contributed by atoms with Crippen molar-refractivity contribution in [3.63, 3.8) is 0 Å². The van der Waals surface area contributed by atoms with E-state index in [1.807, 2.05) is 6.07 Å². The van der Waals surface area contributed by atoms with Crippen molar-refractivity contribution in [3.05, 3.63) is 30.3 Å². The summed E-state index contributed by atoms with van der Waals surface area (Å²) in [7, 11) is 0. The number of pyridine rings is 1. The lowest BCUT2D eigenvalue weighted by atomic mass is 9.86. The third-order valence-electron chi connectivity index (χ3n) is 4.51. The quantitative estimate of drug-likeness (QED) is 0.907. The zero-order chi connectivity index (χ0) is 13.5. The third-order valence-corrected chi connectivity index (χ3v) is 4.51. The Balaban J connectivity index is 1.52. The molecule has 104 valence electrons. The Bertz CT molecular complexity index is 643. The van der Waals surface area contributed by atoms with Crippen molar-refractivity contribution in [3.8, 4) is 0 Å². The van der Waals surface area contributed by atoms with Crippen LogP contribution >= 0.6 is 0 Å². The van der Waals surface area contributed by atoms with Gasteiger partial charge in [0.2, 0.25) is 0 Å². The van der Waals surface area contributed by atoms with Gasteiger partial charge in [0, 0.05) is 30.7 Å². The highest BCUT2D eigenvalue weighted by molar-refractivity contribution is 5.95. The van der Waals surface area contributed by atoms with Gasteiger partial charge in [-0.15, -0.1) is 0 Å². The first-order valence-electron chi connectivity index (χ1n) is 7.18. The van der Waals surface area contributed by atoms with Gasteiger partial charge in [-0.3, -0.25) is 14.7 Å². The molecule has 0 spiro atoms. The number of carbonyl (C=O) groups excluding carboxylic acids is 1. The van der Waals surface area contributed by atoms with Crippen LogP contribution in [0.15, 0.2) is 29.0 Å². The third kappa shape index (κ3) is 1.98. The smallest absolute Gasteiger partial charge is 0.271 e. The van der Waals surface area contributed by atoms with Crippen LogP contribution in [0.25, 0.3) is 11.0 Å². The van der Waals surface area contributed by atoms with E-state index in [9.17, 15) is 4.79 Å². The number of hydrogen-bond acceptors (Lipinski definition) is 4. The summed E-state index contributed by atoms with van der Waals surface area (Å²) in [4.78, 5) is 18.9. The predicted octanol–water partition coefficient (Wildman–Crippen LogP) is 2.00. The normalized spacial score (nSPS) is 28.7. The molecule has 0 aliphatic carbocycles. The van der Waals surface area contributed by atoms with Crippen LogP contribution in [0.5, 0.6) is 0 Å². The van der Waals surface area contributed by atoms with Crippen LogP contribution in [0, 0.1) is 5.92 Å². The zero-order valence-corrected chi connectivity index (χ0v) is 11.2. The summed E-state index contributed by atoms with van der Waals surface area (Å²) in [5.41, 5.74) is 1.13. The highest BCUT2D eigenvalue weighted by atomic mass is 16.3. The minimum Gasteiger partial charge on any atom is -0.464 e. The first-order valence-corrected chi connectivity index (χ1v) is 7.18. The second kappa shape index (κ2) is 4.59. The van der Waals surface area contributed by atoms with Gasteiger partial charge in [-0.2, -0.15) is 0 Å². The summed E-state index contributed by atoms with van der Waals surface area (Å²) in [6.07, 6.45) is 7.06. The molecule has 3 aliphatic rings. The van der Waals surface area contributed by atoms with E-state index in [-0.39, 0.29) is 12.1 Å². The van der Waals surface area contributed by atoms with Crippen molar-refractivity contribution in [1.29, 1.82) is 0 Å². The van der Waals surface area contributed by atoms with Crippen LogP contribution in [-0.2, 0) is 0 Å². The van der Waals surface area contributed by atoms with Crippen molar-refractivity contribution in [1.82, 2.24) is 15.2 Å². The minimum absolute atomic E-state index is 0.110. The average molecular weight is 271 g/mol. The van der Waals surface area contributed by atoms with E-state index in [1.165, 1.54) is 12.8 Å². The summed E-state index contributed by atoms with van der Waals surface area (Å²) in [5.74, 6) is 0.659. The molecule has 1 unspecified atom stereocenters. The first-order chi connectivity index (χ1) is 9.79. The maximum absolute atomic E-state index is 12.3. The van der Waals surface area contributed by atoms with Crippen LogP contribution in [0.3, 0.4) is 0 Å². The Morgan fingerprint density at radius 2 is 2.25 bits per heavy atom. The number of fused-ring (bicyclic) bond motifs is 4. The first kappa shape index (κ1) is 11.9. The van der Waals surface area contributed by atoms with Crippen LogP contribution < -0.4 is 5.32 Å². The molecular formula is C15H17N3O2. The van der Waals surface area contributed by atoms with Gasteiger partial charge in [0.1, 0.15) is 11.3 Å². The second-order valence-corrected chi connectivity index (χ2v) is 5.73. The molecule has 2 aromatic rings. The molecule has 2 aromatic heterocycles. The standard InChI is InChI=1S/C15H17N3O2/c19-15(12-8-13-11(9-16-12)3-6-20-13)17-14-7-10-1-4-18(14)5-2-10/h3,6,8-10,14H,1-2,4-5,7H2,(H,17,19). The summed E-state index contributed by atoms with van der Waals surface area (Å²) in [6, 6.07) is 3.55. The molecule has 5 heterocycles. The average Bonchev–Trinajstić information content (AvgIpc) is 2.96. The molecule has 20 heavy (non-hydrogen) atoms. The Morgan fingerprint density at radius 1 is 1.40 bits per heavy atom. The molecule has 0 radical (unpaired) electrons. The van der Waals surface area contributed by atoms with Gasteiger partial charge in [0.05, 0.1) is 12.4 Å². The molecule has 3 aliphatic heterocycles. The maximum atomic E-state index is 12.3. The Morgan fingerprint density at radius 3 is 3.00 bits per heavy atom. The molecule has 0 aromatic carbocycles.